The highest BCUT2D eigenvalue weighted by Crippen LogP contribution is 2.39. The van der Waals surface area contributed by atoms with Gasteiger partial charge in [0.05, 0.1) is 0 Å². The normalized spacial score (nSPS) is 22.9. The first-order chi connectivity index (χ1) is 10.9. The zero-order valence-electron chi connectivity index (χ0n) is 13.4. The second-order valence-electron chi connectivity index (χ2n) is 6.95. The lowest BCUT2D eigenvalue weighted by Crippen LogP contribution is -2.47. The van der Waals surface area contributed by atoms with Crippen LogP contribution in [0.5, 0.6) is 0 Å². The van der Waals surface area contributed by atoms with Crippen LogP contribution >= 0.6 is 0 Å². The summed E-state index contributed by atoms with van der Waals surface area (Å²) in [6, 6.07) is 9.87. The fourth-order valence-corrected chi connectivity index (χ4v) is 4.45. The van der Waals surface area contributed by atoms with Gasteiger partial charge < -0.3 is 10.3 Å². The molecule has 1 aromatic carbocycles. The van der Waals surface area contributed by atoms with Crippen molar-refractivity contribution in [3.63, 3.8) is 0 Å². The predicted octanol–water partition coefficient (Wildman–Crippen LogP) is 3.69. The molecule has 22 heavy (non-hydrogen) atoms. The van der Waals surface area contributed by atoms with Gasteiger partial charge in [-0.15, -0.1) is 0 Å². The van der Waals surface area contributed by atoms with E-state index in [4.69, 9.17) is 0 Å². The van der Waals surface area contributed by atoms with Crippen LogP contribution in [0.4, 0.5) is 0 Å². The molecule has 1 atom stereocenters. The van der Waals surface area contributed by atoms with E-state index in [9.17, 15) is 0 Å². The van der Waals surface area contributed by atoms with Crippen molar-refractivity contribution in [1.29, 1.82) is 0 Å². The summed E-state index contributed by atoms with van der Waals surface area (Å²) in [4.78, 5) is 6.06. The number of aromatic nitrogens is 1. The molecule has 3 heteroatoms. The summed E-state index contributed by atoms with van der Waals surface area (Å²) < 4.78 is 0. The molecule has 1 aliphatic heterocycles. The minimum Gasteiger partial charge on any atom is -0.361 e. The summed E-state index contributed by atoms with van der Waals surface area (Å²) >= 11 is 0. The third-order valence-corrected chi connectivity index (χ3v) is 5.56. The molecule has 118 valence electrons. The number of hydrogen-bond acceptors (Lipinski definition) is 2. The van der Waals surface area contributed by atoms with Crippen molar-refractivity contribution in [2.75, 3.05) is 26.2 Å². The Morgan fingerprint density at radius 2 is 1.82 bits per heavy atom. The Balaban J connectivity index is 1.67. The van der Waals surface area contributed by atoms with Gasteiger partial charge in [-0.3, -0.25) is 4.90 Å². The molecule has 0 unspecified atom stereocenters. The Bertz CT molecular complexity index is 588. The van der Waals surface area contributed by atoms with Crippen molar-refractivity contribution in [2.24, 2.45) is 5.92 Å². The van der Waals surface area contributed by atoms with Crippen LogP contribution in [-0.2, 0) is 0 Å². The highest BCUT2D eigenvalue weighted by Gasteiger charge is 2.30. The SMILES string of the molecule is c1cc2cc([C@H](C3CCCCC3)N3CCNCC3)ccc2[nH]1. The van der Waals surface area contributed by atoms with Crippen LogP contribution in [0.1, 0.15) is 43.7 Å². The molecule has 2 N–H and O–H groups in total. The maximum Gasteiger partial charge on any atom is 0.0454 e. The third-order valence-electron chi connectivity index (χ3n) is 5.56. The largest absolute Gasteiger partial charge is 0.361 e. The number of benzene rings is 1. The molecule has 3 nitrogen and oxygen atoms in total. The van der Waals surface area contributed by atoms with Crippen molar-refractivity contribution >= 4 is 10.9 Å². The van der Waals surface area contributed by atoms with Crippen LogP contribution in [0, 0.1) is 5.92 Å². The van der Waals surface area contributed by atoms with Crippen LogP contribution in [0.25, 0.3) is 10.9 Å². The molecule has 2 aliphatic rings. The molecule has 0 bridgehead atoms. The quantitative estimate of drug-likeness (QED) is 0.905. The third kappa shape index (κ3) is 2.80. The van der Waals surface area contributed by atoms with Crippen molar-refractivity contribution in [3.05, 3.63) is 36.0 Å². The molecule has 1 saturated carbocycles. The average Bonchev–Trinajstić information content (AvgIpc) is 3.05. The number of piperazine rings is 1. The summed E-state index contributed by atoms with van der Waals surface area (Å²) in [5.74, 6) is 0.836. The second-order valence-corrected chi connectivity index (χ2v) is 6.95. The van der Waals surface area contributed by atoms with E-state index in [1.54, 1.807) is 0 Å². The van der Waals surface area contributed by atoms with E-state index in [1.165, 1.54) is 61.7 Å². The van der Waals surface area contributed by atoms with Gasteiger partial charge in [0.25, 0.3) is 0 Å². The molecule has 1 saturated heterocycles. The number of aromatic amines is 1. The van der Waals surface area contributed by atoms with Gasteiger partial charge >= 0.3 is 0 Å². The topological polar surface area (TPSA) is 31.1 Å². The van der Waals surface area contributed by atoms with E-state index in [2.05, 4.69) is 45.7 Å². The maximum absolute atomic E-state index is 3.50. The molecular formula is C19H27N3. The summed E-state index contributed by atoms with van der Waals surface area (Å²) in [7, 11) is 0. The van der Waals surface area contributed by atoms with Crippen molar-refractivity contribution in [2.45, 2.75) is 38.1 Å². The standard InChI is InChI=1S/C19H27N3/c1-2-4-15(5-3-1)19(22-12-10-20-11-13-22)17-6-7-18-16(14-17)8-9-21-18/h6-9,14-15,19-21H,1-5,10-13H2/t19-/m0/s1. The van der Waals surface area contributed by atoms with E-state index in [1.807, 2.05) is 0 Å². The molecule has 1 aromatic heterocycles. The minimum absolute atomic E-state index is 0.613. The number of H-pyrrole nitrogens is 1. The summed E-state index contributed by atoms with van der Waals surface area (Å²) in [5, 5.41) is 4.86. The highest BCUT2D eigenvalue weighted by molar-refractivity contribution is 5.80. The van der Waals surface area contributed by atoms with Gasteiger partial charge in [0.2, 0.25) is 0 Å². The molecule has 2 heterocycles. The number of hydrogen-bond donors (Lipinski definition) is 2. The second kappa shape index (κ2) is 6.43. The van der Waals surface area contributed by atoms with Gasteiger partial charge in [0.1, 0.15) is 0 Å². The molecule has 4 rings (SSSR count). The van der Waals surface area contributed by atoms with Gasteiger partial charge in [0.15, 0.2) is 0 Å². The Labute approximate surface area is 133 Å². The number of nitrogens with one attached hydrogen (secondary N) is 2. The predicted molar refractivity (Wildman–Crippen MR) is 92.1 cm³/mol. The van der Waals surface area contributed by atoms with Crippen LogP contribution in [0.3, 0.4) is 0 Å². The van der Waals surface area contributed by atoms with Crippen LogP contribution in [0.15, 0.2) is 30.5 Å². The lowest BCUT2D eigenvalue weighted by Gasteiger charge is -2.41. The molecular weight excluding hydrogens is 270 g/mol. The molecule has 2 aromatic rings. The molecule has 0 radical (unpaired) electrons. The van der Waals surface area contributed by atoms with E-state index < -0.39 is 0 Å². The van der Waals surface area contributed by atoms with Gasteiger partial charge in [-0.1, -0.05) is 25.3 Å². The van der Waals surface area contributed by atoms with E-state index in [0.717, 1.165) is 19.0 Å². The maximum atomic E-state index is 3.50. The minimum atomic E-state index is 0.613. The highest BCUT2D eigenvalue weighted by atomic mass is 15.2. The first-order valence-corrected chi connectivity index (χ1v) is 8.93. The molecule has 0 amide bonds. The first-order valence-electron chi connectivity index (χ1n) is 8.93. The first kappa shape index (κ1) is 14.3. The average molecular weight is 297 g/mol. The number of nitrogens with zero attached hydrogens (tertiary/aromatic N) is 1. The summed E-state index contributed by atoms with van der Waals surface area (Å²) in [6.45, 7) is 4.64. The Hall–Kier alpha value is -1.32. The van der Waals surface area contributed by atoms with E-state index in [-0.39, 0.29) is 0 Å². The monoisotopic (exact) mass is 297 g/mol. The summed E-state index contributed by atoms with van der Waals surface area (Å²) in [5.41, 5.74) is 2.78. The Kier molecular flexibility index (Phi) is 4.17. The summed E-state index contributed by atoms with van der Waals surface area (Å²) in [6.07, 6.45) is 9.12. The fourth-order valence-electron chi connectivity index (χ4n) is 4.45. The molecule has 1 aliphatic carbocycles. The van der Waals surface area contributed by atoms with Crippen molar-refractivity contribution < 1.29 is 0 Å². The number of fused-ring (bicyclic) bond motifs is 1. The zero-order chi connectivity index (χ0) is 14.8. The lowest BCUT2D eigenvalue weighted by molar-refractivity contribution is 0.103. The van der Waals surface area contributed by atoms with Gasteiger partial charge in [-0.05, 0) is 47.9 Å². The van der Waals surface area contributed by atoms with Crippen LogP contribution in [-0.4, -0.2) is 36.1 Å². The molecule has 2 fully saturated rings. The van der Waals surface area contributed by atoms with Gasteiger partial charge in [-0.2, -0.15) is 0 Å². The fraction of sp³-hybridized carbons (Fsp3) is 0.579. The molecule has 0 spiro atoms. The number of rotatable bonds is 3. The zero-order valence-corrected chi connectivity index (χ0v) is 13.4. The van der Waals surface area contributed by atoms with E-state index in [0.29, 0.717) is 6.04 Å². The van der Waals surface area contributed by atoms with Crippen LogP contribution in [0.2, 0.25) is 0 Å². The van der Waals surface area contributed by atoms with Crippen molar-refractivity contribution in [3.8, 4) is 0 Å². The lowest BCUT2D eigenvalue weighted by atomic mass is 9.80. The van der Waals surface area contributed by atoms with E-state index >= 15 is 0 Å². The smallest absolute Gasteiger partial charge is 0.0454 e. The Morgan fingerprint density at radius 3 is 2.64 bits per heavy atom. The van der Waals surface area contributed by atoms with Gasteiger partial charge in [0, 0.05) is 43.9 Å². The Morgan fingerprint density at radius 1 is 1.00 bits per heavy atom. The van der Waals surface area contributed by atoms with Crippen molar-refractivity contribution in [1.82, 2.24) is 15.2 Å². The van der Waals surface area contributed by atoms with Crippen LogP contribution < -0.4 is 5.32 Å². The van der Waals surface area contributed by atoms with Gasteiger partial charge in [-0.25, -0.2) is 0 Å².